The third-order valence-electron chi connectivity index (χ3n) is 6.05. The number of nitrogen functional groups attached to an aromatic ring is 1. The number of likely N-dealkylation sites (tertiary alicyclic amines) is 1. The van der Waals surface area contributed by atoms with Crippen molar-refractivity contribution >= 4 is 39.4 Å². The summed E-state index contributed by atoms with van der Waals surface area (Å²) in [7, 11) is -1.37. The molecule has 2 aromatic heterocycles. The van der Waals surface area contributed by atoms with Crippen molar-refractivity contribution < 1.29 is 4.21 Å². The fraction of sp³-hybridized carbons (Fsp3) is 0.250. The number of aromatic nitrogens is 4. The first-order valence-corrected chi connectivity index (χ1v) is 12.7. The highest BCUT2D eigenvalue weighted by Gasteiger charge is 2.26. The van der Waals surface area contributed by atoms with Crippen molar-refractivity contribution in [1.82, 2.24) is 29.4 Å². The van der Waals surface area contributed by atoms with Crippen LogP contribution in [0, 0.1) is 11.5 Å². The molecule has 35 heavy (non-hydrogen) atoms. The lowest BCUT2D eigenvalue weighted by molar-refractivity contribution is 0.236. The van der Waals surface area contributed by atoms with Crippen LogP contribution < -0.4 is 10.5 Å². The molecule has 1 aliphatic heterocycles. The molecule has 0 amide bonds. The van der Waals surface area contributed by atoms with E-state index in [9.17, 15) is 9.47 Å². The van der Waals surface area contributed by atoms with E-state index < -0.39 is 11.0 Å². The van der Waals surface area contributed by atoms with Crippen LogP contribution in [0.3, 0.4) is 0 Å². The average molecular weight is 507 g/mol. The summed E-state index contributed by atoms with van der Waals surface area (Å²) in [4.78, 5) is 11.0. The highest BCUT2D eigenvalue weighted by Crippen LogP contribution is 2.33. The number of nitrogens with zero attached hydrogens (tertiary/aromatic N) is 6. The number of nitriles is 1. The summed E-state index contributed by atoms with van der Waals surface area (Å²) in [6.45, 7) is 1.77. The molecule has 1 aliphatic rings. The SMILES string of the molecule is N#CN1CCCC(n2nc(-c3ccc(CNS(=O)c4cccc(Cl)c4)cc3)c3c(N)ncnc32)C1. The van der Waals surface area contributed by atoms with Gasteiger partial charge in [0.15, 0.2) is 11.8 Å². The molecule has 3 N–H and O–H groups in total. The standard InChI is InChI=1S/C24H23ClN8OS/c25-18-3-1-5-20(11-18)35(34)30-12-16-6-8-17(9-7-16)22-21-23(27)28-15-29-24(21)33(31-22)19-4-2-10-32(13-19)14-26/h1,3,5-9,11,15,19,30H,2,4,10,12-13H2,(H2,27,28,29). The molecule has 0 bridgehead atoms. The first-order valence-electron chi connectivity index (χ1n) is 11.2. The molecule has 3 heterocycles. The smallest absolute Gasteiger partial charge is 0.179 e. The highest BCUT2D eigenvalue weighted by molar-refractivity contribution is 7.83. The van der Waals surface area contributed by atoms with Gasteiger partial charge in [0, 0.05) is 23.7 Å². The highest BCUT2D eigenvalue weighted by atomic mass is 35.5. The van der Waals surface area contributed by atoms with Gasteiger partial charge in [0.1, 0.15) is 28.8 Å². The number of rotatable bonds is 6. The van der Waals surface area contributed by atoms with Gasteiger partial charge >= 0.3 is 0 Å². The Morgan fingerprint density at radius 1 is 1.23 bits per heavy atom. The summed E-state index contributed by atoms with van der Waals surface area (Å²) in [6.07, 6.45) is 5.50. The van der Waals surface area contributed by atoms with Crippen LogP contribution >= 0.6 is 11.6 Å². The number of nitrogens with two attached hydrogens (primary N) is 1. The van der Waals surface area contributed by atoms with Crippen molar-refractivity contribution in [2.75, 3.05) is 18.8 Å². The quantitative estimate of drug-likeness (QED) is 0.382. The summed E-state index contributed by atoms with van der Waals surface area (Å²) in [5, 5.41) is 15.5. The van der Waals surface area contributed by atoms with Gasteiger partial charge in [-0.2, -0.15) is 10.4 Å². The summed E-state index contributed by atoms with van der Waals surface area (Å²) in [6, 6.07) is 14.8. The van der Waals surface area contributed by atoms with E-state index in [0.717, 1.165) is 30.5 Å². The van der Waals surface area contributed by atoms with Crippen molar-refractivity contribution in [3.05, 3.63) is 65.4 Å². The number of halogens is 1. The molecular formula is C24H23ClN8OS. The number of nitrogens with one attached hydrogen (secondary N) is 1. The van der Waals surface area contributed by atoms with Gasteiger partial charge in [0.05, 0.1) is 22.9 Å². The van der Waals surface area contributed by atoms with Crippen LogP contribution in [0.15, 0.2) is 59.8 Å². The lowest BCUT2D eigenvalue weighted by Crippen LogP contribution is -2.33. The molecule has 0 radical (unpaired) electrons. The summed E-state index contributed by atoms with van der Waals surface area (Å²) in [5.41, 5.74) is 9.46. The van der Waals surface area contributed by atoms with Gasteiger partial charge in [-0.1, -0.05) is 41.9 Å². The predicted octanol–water partition coefficient (Wildman–Crippen LogP) is 3.66. The molecule has 2 aromatic carbocycles. The minimum Gasteiger partial charge on any atom is -0.383 e. The van der Waals surface area contributed by atoms with Gasteiger partial charge < -0.3 is 10.6 Å². The van der Waals surface area contributed by atoms with Crippen LogP contribution in [0.1, 0.15) is 24.4 Å². The Bertz CT molecular complexity index is 1430. The molecule has 9 nitrogen and oxygen atoms in total. The average Bonchev–Trinajstić information content (AvgIpc) is 3.29. The third-order valence-corrected chi connectivity index (χ3v) is 7.37. The Morgan fingerprint density at radius 2 is 2.06 bits per heavy atom. The zero-order chi connectivity index (χ0) is 24.4. The molecule has 5 rings (SSSR count). The maximum atomic E-state index is 12.5. The molecule has 1 saturated heterocycles. The Kier molecular flexibility index (Phi) is 6.63. The monoisotopic (exact) mass is 506 g/mol. The van der Waals surface area contributed by atoms with E-state index in [-0.39, 0.29) is 6.04 Å². The topological polar surface area (TPSA) is 126 Å². The van der Waals surface area contributed by atoms with Gasteiger partial charge in [-0.3, -0.25) is 0 Å². The van der Waals surface area contributed by atoms with E-state index in [2.05, 4.69) is 20.9 Å². The molecule has 2 unspecified atom stereocenters. The fourth-order valence-corrected chi connectivity index (χ4v) is 5.45. The van der Waals surface area contributed by atoms with E-state index >= 15 is 0 Å². The van der Waals surface area contributed by atoms with Crippen molar-refractivity contribution in [1.29, 1.82) is 5.26 Å². The molecule has 0 aliphatic carbocycles. The van der Waals surface area contributed by atoms with Crippen LogP contribution in [-0.2, 0) is 17.5 Å². The minimum atomic E-state index is -1.37. The van der Waals surface area contributed by atoms with E-state index in [1.165, 1.54) is 6.33 Å². The zero-order valence-corrected chi connectivity index (χ0v) is 20.3. The number of hydrogen-bond acceptors (Lipinski definition) is 7. The lowest BCUT2D eigenvalue weighted by Gasteiger charge is -2.28. The van der Waals surface area contributed by atoms with Crippen molar-refractivity contribution in [2.24, 2.45) is 0 Å². The van der Waals surface area contributed by atoms with E-state index in [1.54, 1.807) is 29.2 Å². The first kappa shape index (κ1) is 23.2. The predicted molar refractivity (Wildman–Crippen MR) is 135 cm³/mol. The minimum absolute atomic E-state index is 0.0268. The number of fused-ring (bicyclic) bond motifs is 1. The Morgan fingerprint density at radius 3 is 2.83 bits per heavy atom. The summed E-state index contributed by atoms with van der Waals surface area (Å²) < 4.78 is 17.4. The van der Waals surface area contributed by atoms with E-state index in [4.69, 9.17) is 22.4 Å². The molecule has 1 fully saturated rings. The van der Waals surface area contributed by atoms with Crippen molar-refractivity contribution in [2.45, 2.75) is 30.3 Å². The Balaban J connectivity index is 1.39. The van der Waals surface area contributed by atoms with Crippen LogP contribution in [0.2, 0.25) is 5.02 Å². The lowest BCUT2D eigenvalue weighted by atomic mass is 10.1. The second-order valence-electron chi connectivity index (χ2n) is 8.34. The second-order valence-corrected chi connectivity index (χ2v) is 10.1. The van der Waals surface area contributed by atoms with Crippen LogP contribution in [0.5, 0.6) is 0 Å². The molecular weight excluding hydrogens is 484 g/mol. The summed E-state index contributed by atoms with van der Waals surface area (Å²) in [5.74, 6) is 0.367. The summed E-state index contributed by atoms with van der Waals surface area (Å²) >= 11 is 6.00. The van der Waals surface area contributed by atoms with E-state index in [0.29, 0.717) is 45.6 Å². The number of anilines is 1. The van der Waals surface area contributed by atoms with Gasteiger partial charge in [0.25, 0.3) is 0 Å². The van der Waals surface area contributed by atoms with Crippen LogP contribution in [0.4, 0.5) is 5.82 Å². The molecule has 178 valence electrons. The molecule has 0 saturated carbocycles. The number of benzene rings is 2. The van der Waals surface area contributed by atoms with Crippen molar-refractivity contribution in [3.63, 3.8) is 0 Å². The van der Waals surface area contributed by atoms with Crippen molar-refractivity contribution in [3.8, 4) is 17.5 Å². The molecule has 4 aromatic rings. The Hall–Kier alpha value is -3.52. The number of hydrogen-bond donors (Lipinski definition) is 2. The molecule has 11 heteroatoms. The molecule has 2 atom stereocenters. The number of piperidine rings is 1. The maximum Gasteiger partial charge on any atom is 0.179 e. The maximum absolute atomic E-state index is 12.5. The van der Waals surface area contributed by atoms with Gasteiger partial charge in [-0.25, -0.2) is 23.6 Å². The Labute approximate surface area is 210 Å². The second kappa shape index (κ2) is 10.00. The first-order chi connectivity index (χ1) is 17.0. The van der Waals surface area contributed by atoms with E-state index in [1.807, 2.05) is 28.9 Å². The van der Waals surface area contributed by atoms with Crippen LogP contribution in [0.25, 0.3) is 22.3 Å². The van der Waals surface area contributed by atoms with Crippen LogP contribution in [-0.4, -0.2) is 41.9 Å². The zero-order valence-electron chi connectivity index (χ0n) is 18.8. The van der Waals surface area contributed by atoms with Gasteiger partial charge in [-0.05, 0) is 36.6 Å². The fourth-order valence-electron chi connectivity index (χ4n) is 4.29. The normalized spacial score (nSPS) is 16.8. The molecule has 0 spiro atoms. The largest absolute Gasteiger partial charge is 0.383 e. The third kappa shape index (κ3) is 4.84. The van der Waals surface area contributed by atoms with Gasteiger partial charge in [-0.15, -0.1) is 0 Å². The van der Waals surface area contributed by atoms with Gasteiger partial charge in [0.2, 0.25) is 0 Å².